The number of rotatable bonds is 9. The van der Waals surface area contributed by atoms with Crippen molar-refractivity contribution in [1.29, 1.82) is 0 Å². The molecule has 0 unspecified atom stereocenters. The van der Waals surface area contributed by atoms with Crippen molar-refractivity contribution in [2.24, 2.45) is 11.8 Å². The van der Waals surface area contributed by atoms with E-state index >= 15 is 0 Å². The summed E-state index contributed by atoms with van der Waals surface area (Å²) in [7, 11) is 0. The molecule has 0 aliphatic carbocycles. The molecule has 8 heteroatoms. The molecule has 32 heavy (non-hydrogen) atoms. The van der Waals surface area contributed by atoms with Crippen molar-refractivity contribution in [2.45, 2.75) is 26.7 Å². The first kappa shape index (κ1) is 21.8. The zero-order valence-corrected chi connectivity index (χ0v) is 18.1. The molecule has 0 radical (unpaired) electrons. The summed E-state index contributed by atoms with van der Waals surface area (Å²) in [5.74, 6) is 1.92. The van der Waals surface area contributed by atoms with Crippen LogP contribution in [-0.4, -0.2) is 38.7 Å². The highest BCUT2D eigenvalue weighted by atomic mass is 16.7. The molecule has 2 aromatic carbocycles. The molecule has 0 amide bonds. The summed E-state index contributed by atoms with van der Waals surface area (Å²) in [6.45, 7) is 3.59. The topological polar surface area (TPSA) is 89.5 Å². The Balaban J connectivity index is 1.56. The molecule has 0 saturated carbocycles. The molecule has 2 aliphatic heterocycles. The quantitative estimate of drug-likeness (QED) is 0.547. The van der Waals surface area contributed by atoms with E-state index in [4.69, 9.17) is 28.4 Å². The van der Waals surface area contributed by atoms with Crippen LogP contribution in [0.2, 0.25) is 0 Å². The lowest BCUT2D eigenvalue weighted by Crippen LogP contribution is -2.29. The van der Waals surface area contributed by atoms with E-state index in [0.29, 0.717) is 35.8 Å². The Labute approximate surface area is 186 Å². The number of carbonyl (C=O) groups is 2. The Morgan fingerprint density at radius 1 is 0.719 bits per heavy atom. The summed E-state index contributed by atoms with van der Waals surface area (Å²) < 4.78 is 32.6. The summed E-state index contributed by atoms with van der Waals surface area (Å²) in [5.41, 5.74) is 2.04. The van der Waals surface area contributed by atoms with E-state index in [2.05, 4.69) is 0 Å². The van der Waals surface area contributed by atoms with Gasteiger partial charge in [-0.2, -0.15) is 0 Å². The first-order chi connectivity index (χ1) is 15.5. The third-order valence-electron chi connectivity index (χ3n) is 5.54. The molecule has 4 rings (SSSR count). The molecular weight excluding hydrogens is 416 g/mol. The average Bonchev–Trinajstić information content (AvgIpc) is 3.42. The Bertz CT molecular complexity index is 906. The van der Waals surface area contributed by atoms with Gasteiger partial charge in [-0.1, -0.05) is 12.1 Å². The second-order valence-electron chi connectivity index (χ2n) is 7.91. The molecule has 0 aromatic heterocycles. The number of ether oxygens (including phenoxy) is 6. The van der Waals surface area contributed by atoms with Crippen molar-refractivity contribution in [3.63, 3.8) is 0 Å². The minimum atomic E-state index is -0.352. The predicted octanol–water partition coefficient (Wildman–Crippen LogP) is 3.29. The van der Waals surface area contributed by atoms with Crippen molar-refractivity contribution in [2.75, 3.05) is 26.8 Å². The molecule has 0 N–H and O–H groups in total. The number of fused-ring (bicyclic) bond motifs is 2. The number of hydrogen-bond donors (Lipinski definition) is 0. The molecule has 0 saturated heterocycles. The molecule has 0 spiro atoms. The van der Waals surface area contributed by atoms with Crippen molar-refractivity contribution < 1.29 is 38.0 Å². The average molecular weight is 442 g/mol. The van der Waals surface area contributed by atoms with E-state index in [1.807, 2.05) is 36.4 Å². The Hall–Kier alpha value is -3.42. The smallest absolute Gasteiger partial charge is 0.302 e. The van der Waals surface area contributed by atoms with Crippen LogP contribution in [0.1, 0.15) is 25.0 Å². The SMILES string of the molecule is CC(=O)OC[C@H](Cc1ccc2c(c1)OCO2)[C@@H](COC(C)=O)Cc1ccc2c(c1)OCO2. The first-order valence-electron chi connectivity index (χ1n) is 10.5. The number of esters is 2. The fourth-order valence-corrected chi connectivity index (χ4v) is 3.91. The maximum atomic E-state index is 11.6. The van der Waals surface area contributed by atoms with Crippen molar-refractivity contribution in [3.8, 4) is 23.0 Å². The van der Waals surface area contributed by atoms with Crippen LogP contribution in [0, 0.1) is 11.8 Å². The van der Waals surface area contributed by atoms with Crippen LogP contribution in [0.5, 0.6) is 23.0 Å². The molecule has 0 bridgehead atoms. The van der Waals surface area contributed by atoms with Crippen LogP contribution in [0.4, 0.5) is 0 Å². The van der Waals surface area contributed by atoms with Gasteiger partial charge in [0.2, 0.25) is 13.6 Å². The molecule has 170 valence electrons. The lowest BCUT2D eigenvalue weighted by atomic mass is 9.83. The van der Waals surface area contributed by atoms with E-state index in [0.717, 1.165) is 11.1 Å². The highest BCUT2D eigenvalue weighted by Crippen LogP contribution is 2.36. The maximum absolute atomic E-state index is 11.6. The lowest BCUT2D eigenvalue weighted by Gasteiger charge is -2.27. The van der Waals surface area contributed by atoms with Gasteiger partial charge in [-0.25, -0.2) is 0 Å². The minimum absolute atomic E-state index is 0.0935. The summed E-state index contributed by atoms with van der Waals surface area (Å²) in [5, 5.41) is 0. The summed E-state index contributed by atoms with van der Waals surface area (Å²) in [6, 6.07) is 11.6. The van der Waals surface area contributed by atoms with Crippen LogP contribution in [0.15, 0.2) is 36.4 Å². The first-order valence-corrected chi connectivity index (χ1v) is 10.5. The monoisotopic (exact) mass is 442 g/mol. The Morgan fingerprint density at radius 3 is 1.53 bits per heavy atom. The van der Waals surface area contributed by atoms with E-state index in [1.54, 1.807) is 0 Å². The molecule has 2 heterocycles. The molecule has 8 nitrogen and oxygen atoms in total. The van der Waals surface area contributed by atoms with Crippen LogP contribution in [0.3, 0.4) is 0 Å². The van der Waals surface area contributed by atoms with E-state index in [1.165, 1.54) is 13.8 Å². The predicted molar refractivity (Wildman–Crippen MR) is 113 cm³/mol. The molecule has 0 fully saturated rings. The number of benzene rings is 2. The highest BCUT2D eigenvalue weighted by molar-refractivity contribution is 5.66. The second-order valence-corrected chi connectivity index (χ2v) is 7.91. The zero-order chi connectivity index (χ0) is 22.5. The van der Waals surface area contributed by atoms with Crippen molar-refractivity contribution >= 4 is 11.9 Å². The molecule has 2 aromatic rings. The minimum Gasteiger partial charge on any atom is -0.466 e. The van der Waals surface area contributed by atoms with Crippen LogP contribution in [-0.2, 0) is 31.9 Å². The van der Waals surface area contributed by atoms with Crippen LogP contribution < -0.4 is 18.9 Å². The van der Waals surface area contributed by atoms with Crippen molar-refractivity contribution in [3.05, 3.63) is 47.5 Å². The van der Waals surface area contributed by atoms with Gasteiger partial charge in [0.05, 0.1) is 13.2 Å². The Morgan fingerprint density at radius 2 is 1.12 bits per heavy atom. The van der Waals surface area contributed by atoms with Gasteiger partial charge >= 0.3 is 11.9 Å². The van der Waals surface area contributed by atoms with E-state index < -0.39 is 0 Å². The zero-order valence-electron chi connectivity index (χ0n) is 18.1. The fraction of sp³-hybridized carbons (Fsp3) is 0.417. The molecular formula is C24H26O8. The highest BCUT2D eigenvalue weighted by Gasteiger charge is 2.27. The normalized spacial score (nSPS) is 15.2. The molecule has 2 aliphatic rings. The van der Waals surface area contributed by atoms with Crippen LogP contribution in [0.25, 0.3) is 0 Å². The van der Waals surface area contributed by atoms with Gasteiger partial charge in [0.25, 0.3) is 0 Å². The van der Waals surface area contributed by atoms with E-state index in [9.17, 15) is 9.59 Å². The fourth-order valence-electron chi connectivity index (χ4n) is 3.91. The van der Waals surface area contributed by atoms with Crippen molar-refractivity contribution in [1.82, 2.24) is 0 Å². The number of hydrogen-bond acceptors (Lipinski definition) is 8. The van der Waals surface area contributed by atoms with Gasteiger partial charge in [-0.15, -0.1) is 0 Å². The van der Waals surface area contributed by atoms with Gasteiger partial charge in [-0.3, -0.25) is 9.59 Å². The van der Waals surface area contributed by atoms with Gasteiger partial charge < -0.3 is 28.4 Å². The van der Waals surface area contributed by atoms with Crippen LogP contribution >= 0.6 is 0 Å². The standard InChI is InChI=1S/C24H26O8/c1-15(25)27-11-19(7-17-3-5-21-23(9-17)31-13-29-21)20(12-28-16(2)26)8-18-4-6-22-24(10-18)32-14-30-22/h3-6,9-10,19-20H,7-8,11-14H2,1-2H3/t19-,20+. The molecule has 2 atom stereocenters. The van der Waals surface area contributed by atoms with Gasteiger partial charge in [-0.05, 0) is 48.2 Å². The largest absolute Gasteiger partial charge is 0.466 e. The second kappa shape index (κ2) is 9.80. The third-order valence-corrected chi connectivity index (χ3v) is 5.54. The lowest BCUT2D eigenvalue weighted by molar-refractivity contribution is -0.147. The van der Waals surface area contributed by atoms with Gasteiger partial charge in [0.1, 0.15) is 0 Å². The van der Waals surface area contributed by atoms with Gasteiger partial charge in [0, 0.05) is 25.7 Å². The Kier molecular flexibility index (Phi) is 6.68. The summed E-state index contributed by atoms with van der Waals surface area (Å²) in [6.07, 6.45) is 1.22. The number of carbonyl (C=O) groups excluding carboxylic acids is 2. The van der Waals surface area contributed by atoms with Gasteiger partial charge in [0.15, 0.2) is 23.0 Å². The summed E-state index contributed by atoms with van der Waals surface area (Å²) in [4.78, 5) is 23.1. The third kappa shape index (κ3) is 5.43. The van der Waals surface area contributed by atoms with E-state index in [-0.39, 0.29) is 50.6 Å². The summed E-state index contributed by atoms with van der Waals surface area (Å²) >= 11 is 0. The maximum Gasteiger partial charge on any atom is 0.302 e.